The molecule has 0 atom stereocenters. The van der Waals surface area contributed by atoms with E-state index in [1.54, 1.807) is 42.6 Å². The molecule has 1 heterocycles. The Morgan fingerprint density at radius 3 is 2.46 bits per heavy atom. The summed E-state index contributed by atoms with van der Waals surface area (Å²) < 4.78 is 31.4. The van der Waals surface area contributed by atoms with Crippen LogP contribution in [0.4, 0.5) is 0 Å². The second kappa shape index (κ2) is 8.51. The van der Waals surface area contributed by atoms with Crippen LogP contribution in [0, 0.1) is 18.3 Å². The molecule has 0 N–H and O–H groups in total. The number of pyridine rings is 1. The van der Waals surface area contributed by atoms with Crippen LogP contribution in [0.2, 0.25) is 0 Å². The zero-order valence-electron chi connectivity index (χ0n) is 15.2. The minimum Gasteiger partial charge on any atom is -0.487 e. The number of nitrogens with zero attached hydrogens (tertiary/aromatic N) is 2. The molecular formula is C22H18N2O3S. The molecule has 0 aliphatic heterocycles. The summed E-state index contributed by atoms with van der Waals surface area (Å²) in [6, 6.07) is 20.7. The van der Waals surface area contributed by atoms with Crippen LogP contribution in [0.1, 0.15) is 16.8 Å². The molecule has 3 rings (SSSR count). The molecule has 0 aliphatic rings. The SMILES string of the molecule is Cc1ccc(S(=O)(=O)/C(C#N)=C/c2ccccc2OCc2ccccn2)cc1. The fourth-order valence-electron chi connectivity index (χ4n) is 2.52. The van der Waals surface area contributed by atoms with Gasteiger partial charge in [0.25, 0.3) is 0 Å². The summed E-state index contributed by atoms with van der Waals surface area (Å²) in [5.74, 6) is 0.472. The Hall–Kier alpha value is -3.43. The summed E-state index contributed by atoms with van der Waals surface area (Å²) in [6.45, 7) is 2.10. The fraction of sp³-hybridized carbons (Fsp3) is 0.0909. The smallest absolute Gasteiger partial charge is 0.216 e. The monoisotopic (exact) mass is 390 g/mol. The van der Waals surface area contributed by atoms with Crippen molar-refractivity contribution < 1.29 is 13.2 Å². The third kappa shape index (κ3) is 4.45. The summed E-state index contributed by atoms with van der Waals surface area (Å²) in [4.78, 5) is 3.94. The molecule has 0 amide bonds. The first-order valence-corrected chi connectivity index (χ1v) is 10.0. The van der Waals surface area contributed by atoms with Crippen molar-refractivity contribution >= 4 is 15.9 Å². The Morgan fingerprint density at radius 1 is 1.07 bits per heavy atom. The summed E-state index contributed by atoms with van der Waals surface area (Å²) in [5, 5.41) is 9.49. The van der Waals surface area contributed by atoms with E-state index in [0.717, 1.165) is 11.3 Å². The Balaban J connectivity index is 1.93. The van der Waals surface area contributed by atoms with Gasteiger partial charge in [-0.15, -0.1) is 0 Å². The number of aryl methyl sites for hydroxylation is 1. The minimum atomic E-state index is -3.92. The van der Waals surface area contributed by atoms with Crippen LogP contribution in [0.5, 0.6) is 5.75 Å². The van der Waals surface area contributed by atoms with Gasteiger partial charge in [-0.1, -0.05) is 42.0 Å². The number of ether oxygens (including phenoxy) is 1. The third-order valence-corrected chi connectivity index (χ3v) is 5.72. The molecular weight excluding hydrogens is 372 g/mol. The van der Waals surface area contributed by atoms with Gasteiger partial charge in [-0.3, -0.25) is 4.98 Å². The molecule has 0 saturated heterocycles. The van der Waals surface area contributed by atoms with Gasteiger partial charge in [0.15, 0.2) is 0 Å². The quantitative estimate of drug-likeness (QED) is 0.586. The number of aromatic nitrogens is 1. The van der Waals surface area contributed by atoms with Crippen molar-refractivity contribution in [3.63, 3.8) is 0 Å². The number of sulfone groups is 1. The molecule has 0 bridgehead atoms. The highest BCUT2D eigenvalue weighted by Gasteiger charge is 2.21. The fourth-order valence-corrected chi connectivity index (χ4v) is 3.67. The molecule has 5 nitrogen and oxygen atoms in total. The normalized spacial score (nSPS) is 11.6. The van der Waals surface area contributed by atoms with Gasteiger partial charge in [0.05, 0.1) is 10.6 Å². The van der Waals surface area contributed by atoms with Crippen LogP contribution >= 0.6 is 0 Å². The molecule has 3 aromatic rings. The molecule has 0 unspecified atom stereocenters. The van der Waals surface area contributed by atoms with E-state index in [1.807, 2.05) is 31.2 Å². The van der Waals surface area contributed by atoms with Gasteiger partial charge >= 0.3 is 0 Å². The van der Waals surface area contributed by atoms with Crippen LogP contribution < -0.4 is 4.74 Å². The lowest BCUT2D eigenvalue weighted by Crippen LogP contribution is -2.04. The van der Waals surface area contributed by atoms with Gasteiger partial charge in [0, 0.05) is 11.8 Å². The van der Waals surface area contributed by atoms with Gasteiger partial charge in [-0.05, 0) is 43.3 Å². The maximum atomic E-state index is 12.8. The van der Waals surface area contributed by atoms with Crippen LogP contribution in [-0.4, -0.2) is 13.4 Å². The Kier molecular flexibility index (Phi) is 5.87. The van der Waals surface area contributed by atoms with Gasteiger partial charge in [0.2, 0.25) is 9.84 Å². The average molecular weight is 390 g/mol. The zero-order valence-corrected chi connectivity index (χ0v) is 16.1. The number of rotatable bonds is 6. The van der Waals surface area contributed by atoms with E-state index in [-0.39, 0.29) is 16.4 Å². The molecule has 0 aliphatic carbocycles. The first-order chi connectivity index (χ1) is 13.5. The minimum absolute atomic E-state index is 0.0813. The topological polar surface area (TPSA) is 80.0 Å². The van der Waals surface area contributed by atoms with Gasteiger partial charge in [-0.2, -0.15) is 5.26 Å². The number of hydrogen-bond acceptors (Lipinski definition) is 5. The van der Waals surface area contributed by atoms with Crippen LogP contribution in [0.25, 0.3) is 6.08 Å². The summed E-state index contributed by atoms with van der Waals surface area (Å²) in [5.41, 5.74) is 2.19. The summed E-state index contributed by atoms with van der Waals surface area (Å²) in [6.07, 6.45) is 3.01. The molecule has 0 spiro atoms. The molecule has 6 heteroatoms. The largest absolute Gasteiger partial charge is 0.487 e. The summed E-state index contributed by atoms with van der Waals surface area (Å²) >= 11 is 0. The van der Waals surface area contributed by atoms with Crippen molar-refractivity contribution in [1.29, 1.82) is 5.26 Å². The average Bonchev–Trinajstić information content (AvgIpc) is 2.72. The molecule has 2 aromatic carbocycles. The molecule has 0 saturated carbocycles. The standard InChI is InChI=1S/C22H18N2O3S/c1-17-9-11-20(12-10-17)28(25,26)21(15-23)14-18-6-2-3-8-22(18)27-16-19-7-4-5-13-24-19/h2-14H,16H2,1H3/b21-14+. The highest BCUT2D eigenvalue weighted by Crippen LogP contribution is 2.26. The molecule has 0 radical (unpaired) electrons. The third-order valence-electron chi connectivity index (χ3n) is 4.04. The number of benzene rings is 2. The number of nitriles is 1. The van der Waals surface area contributed by atoms with E-state index in [0.29, 0.717) is 11.3 Å². The van der Waals surface area contributed by atoms with E-state index in [9.17, 15) is 13.7 Å². The van der Waals surface area contributed by atoms with Crippen LogP contribution in [-0.2, 0) is 16.4 Å². The first kappa shape index (κ1) is 19.3. The Labute approximate surface area is 164 Å². The van der Waals surface area contributed by atoms with Crippen LogP contribution in [0.15, 0.2) is 82.7 Å². The second-order valence-corrected chi connectivity index (χ2v) is 8.00. The predicted octanol–water partition coefficient (Wildman–Crippen LogP) is 4.31. The van der Waals surface area contributed by atoms with E-state index in [1.165, 1.54) is 18.2 Å². The van der Waals surface area contributed by atoms with Gasteiger partial charge in [0.1, 0.15) is 23.3 Å². The maximum Gasteiger partial charge on any atom is 0.216 e. The van der Waals surface area contributed by atoms with E-state index >= 15 is 0 Å². The Bertz CT molecular complexity index is 1130. The number of para-hydroxylation sites is 1. The van der Waals surface area contributed by atoms with Crippen molar-refractivity contribution in [2.45, 2.75) is 18.4 Å². The second-order valence-electron chi connectivity index (χ2n) is 6.08. The van der Waals surface area contributed by atoms with Crippen molar-refractivity contribution in [3.8, 4) is 11.8 Å². The number of allylic oxidation sites excluding steroid dienone is 1. The lowest BCUT2D eigenvalue weighted by molar-refractivity contribution is 0.300. The highest BCUT2D eigenvalue weighted by atomic mass is 32.2. The van der Waals surface area contributed by atoms with E-state index < -0.39 is 9.84 Å². The Morgan fingerprint density at radius 2 is 1.79 bits per heavy atom. The molecule has 140 valence electrons. The van der Waals surface area contributed by atoms with Crippen molar-refractivity contribution in [2.24, 2.45) is 0 Å². The van der Waals surface area contributed by atoms with Crippen molar-refractivity contribution in [3.05, 3.63) is 94.7 Å². The lowest BCUT2D eigenvalue weighted by Gasteiger charge is -2.09. The van der Waals surface area contributed by atoms with Crippen LogP contribution in [0.3, 0.4) is 0 Å². The maximum absolute atomic E-state index is 12.8. The highest BCUT2D eigenvalue weighted by molar-refractivity contribution is 7.95. The predicted molar refractivity (Wildman–Crippen MR) is 107 cm³/mol. The molecule has 28 heavy (non-hydrogen) atoms. The summed E-state index contributed by atoms with van der Waals surface area (Å²) in [7, 11) is -3.92. The van der Waals surface area contributed by atoms with Gasteiger partial charge in [-0.25, -0.2) is 8.42 Å². The number of hydrogen-bond donors (Lipinski definition) is 0. The zero-order chi connectivity index (χ0) is 20.0. The van der Waals surface area contributed by atoms with E-state index in [2.05, 4.69) is 4.98 Å². The first-order valence-electron chi connectivity index (χ1n) is 8.56. The molecule has 1 aromatic heterocycles. The van der Waals surface area contributed by atoms with Crippen molar-refractivity contribution in [1.82, 2.24) is 4.98 Å². The van der Waals surface area contributed by atoms with Gasteiger partial charge < -0.3 is 4.74 Å². The lowest BCUT2D eigenvalue weighted by atomic mass is 10.2. The van der Waals surface area contributed by atoms with E-state index in [4.69, 9.17) is 4.74 Å². The van der Waals surface area contributed by atoms with Crippen molar-refractivity contribution in [2.75, 3.05) is 0 Å². The molecule has 0 fully saturated rings.